The van der Waals surface area contributed by atoms with Crippen molar-refractivity contribution in [1.29, 1.82) is 0 Å². The first-order valence-corrected chi connectivity index (χ1v) is 4.83. The molecule has 0 amide bonds. The van der Waals surface area contributed by atoms with Crippen LogP contribution in [0.4, 0.5) is 0 Å². The fourth-order valence-corrected chi connectivity index (χ4v) is 2.03. The van der Waals surface area contributed by atoms with Crippen molar-refractivity contribution in [3.8, 4) is 0 Å². The van der Waals surface area contributed by atoms with E-state index >= 15 is 0 Å². The fourth-order valence-electron chi connectivity index (χ4n) is 2.03. The van der Waals surface area contributed by atoms with Gasteiger partial charge in [0.05, 0.1) is 0 Å². The Morgan fingerprint density at radius 2 is 1.91 bits per heavy atom. The predicted octanol–water partition coefficient (Wildman–Crippen LogP) is 3.67. The summed E-state index contributed by atoms with van der Waals surface area (Å²) in [5.74, 6) is 1.80. The molecular formula is C11H21. The highest BCUT2D eigenvalue weighted by molar-refractivity contribution is 4.87. The van der Waals surface area contributed by atoms with Crippen LogP contribution < -0.4 is 0 Å². The first-order valence-electron chi connectivity index (χ1n) is 4.83. The van der Waals surface area contributed by atoms with E-state index in [2.05, 4.69) is 34.1 Å². The van der Waals surface area contributed by atoms with Crippen LogP contribution in [0, 0.1) is 23.7 Å². The minimum Gasteiger partial charge on any atom is -0.0622 e. The smallest absolute Gasteiger partial charge is 0.0354 e. The number of hydrogen-bond donors (Lipinski definition) is 0. The van der Waals surface area contributed by atoms with Crippen molar-refractivity contribution in [1.82, 2.24) is 0 Å². The van der Waals surface area contributed by atoms with E-state index in [-0.39, 0.29) is 0 Å². The maximum Gasteiger partial charge on any atom is -0.0354 e. The molecule has 0 nitrogen and oxygen atoms in total. The molecule has 0 heteroatoms. The van der Waals surface area contributed by atoms with Gasteiger partial charge in [0.1, 0.15) is 0 Å². The molecular weight excluding hydrogens is 132 g/mol. The molecule has 1 aliphatic carbocycles. The van der Waals surface area contributed by atoms with Crippen LogP contribution in [0.2, 0.25) is 0 Å². The minimum absolute atomic E-state index is 0.530. The highest BCUT2D eigenvalue weighted by atomic mass is 14.3. The third-order valence-electron chi connectivity index (χ3n) is 2.97. The third-order valence-corrected chi connectivity index (χ3v) is 2.97. The molecule has 0 aromatic carbocycles. The van der Waals surface area contributed by atoms with Crippen LogP contribution in [-0.4, -0.2) is 0 Å². The van der Waals surface area contributed by atoms with Gasteiger partial charge in [0.2, 0.25) is 0 Å². The van der Waals surface area contributed by atoms with Crippen molar-refractivity contribution in [2.24, 2.45) is 17.3 Å². The lowest BCUT2D eigenvalue weighted by molar-refractivity contribution is 0.172. The van der Waals surface area contributed by atoms with E-state index in [1.807, 2.05) is 0 Å². The summed E-state index contributed by atoms with van der Waals surface area (Å²) in [4.78, 5) is 0. The van der Waals surface area contributed by atoms with Gasteiger partial charge in [-0.05, 0) is 42.9 Å². The summed E-state index contributed by atoms with van der Waals surface area (Å²) < 4.78 is 0. The van der Waals surface area contributed by atoms with E-state index in [4.69, 9.17) is 0 Å². The van der Waals surface area contributed by atoms with Gasteiger partial charge in [-0.3, -0.25) is 0 Å². The summed E-state index contributed by atoms with van der Waals surface area (Å²) >= 11 is 0. The van der Waals surface area contributed by atoms with E-state index in [9.17, 15) is 0 Å². The van der Waals surface area contributed by atoms with Gasteiger partial charge in [0.25, 0.3) is 0 Å². The van der Waals surface area contributed by atoms with Gasteiger partial charge in [-0.2, -0.15) is 0 Å². The lowest BCUT2D eigenvalue weighted by Gasteiger charge is -2.36. The van der Waals surface area contributed by atoms with Crippen molar-refractivity contribution in [3.63, 3.8) is 0 Å². The highest BCUT2D eigenvalue weighted by Crippen LogP contribution is 2.39. The molecule has 1 radical (unpaired) electrons. The summed E-state index contributed by atoms with van der Waals surface area (Å²) in [6.45, 7) is 9.46. The maximum absolute atomic E-state index is 2.47. The molecule has 2 atom stereocenters. The average Bonchev–Trinajstić information content (AvgIpc) is 1.86. The van der Waals surface area contributed by atoms with Crippen LogP contribution in [-0.2, 0) is 0 Å². The molecule has 0 N–H and O–H groups in total. The monoisotopic (exact) mass is 153 g/mol. The molecule has 0 aliphatic heterocycles. The molecule has 1 saturated carbocycles. The molecule has 0 spiro atoms. The zero-order valence-electron chi connectivity index (χ0n) is 8.35. The second-order valence-electron chi connectivity index (χ2n) is 5.09. The predicted molar refractivity (Wildman–Crippen MR) is 50.3 cm³/mol. The Balaban J connectivity index is 2.46. The molecule has 0 aromatic rings. The first-order chi connectivity index (χ1) is 5.00. The summed E-state index contributed by atoms with van der Waals surface area (Å²) in [5, 5.41) is 0. The van der Waals surface area contributed by atoms with Crippen LogP contribution in [0.15, 0.2) is 0 Å². The number of rotatable bonds is 0. The Morgan fingerprint density at radius 1 is 1.27 bits per heavy atom. The molecule has 0 saturated heterocycles. The topological polar surface area (TPSA) is 0 Å². The van der Waals surface area contributed by atoms with E-state index in [1.165, 1.54) is 19.3 Å². The molecule has 1 rings (SSSR count). The van der Waals surface area contributed by atoms with Gasteiger partial charge in [-0.1, -0.05) is 27.7 Å². The molecule has 0 bridgehead atoms. The van der Waals surface area contributed by atoms with Crippen molar-refractivity contribution < 1.29 is 0 Å². The van der Waals surface area contributed by atoms with Gasteiger partial charge in [0.15, 0.2) is 0 Å². The molecule has 1 aliphatic rings. The zero-order valence-corrected chi connectivity index (χ0v) is 8.35. The minimum atomic E-state index is 0.530. The van der Waals surface area contributed by atoms with E-state index in [1.54, 1.807) is 0 Å². The molecule has 1 fully saturated rings. The zero-order chi connectivity index (χ0) is 8.48. The van der Waals surface area contributed by atoms with E-state index in [0.717, 1.165) is 11.8 Å². The van der Waals surface area contributed by atoms with Crippen molar-refractivity contribution >= 4 is 0 Å². The quantitative estimate of drug-likeness (QED) is 0.498. The van der Waals surface area contributed by atoms with Crippen LogP contribution in [0.5, 0.6) is 0 Å². The summed E-state index contributed by atoms with van der Waals surface area (Å²) in [5.41, 5.74) is 0.530. The van der Waals surface area contributed by atoms with Crippen molar-refractivity contribution in [2.45, 2.75) is 47.0 Å². The lowest BCUT2D eigenvalue weighted by atomic mass is 9.69. The average molecular weight is 153 g/mol. The Morgan fingerprint density at radius 3 is 2.27 bits per heavy atom. The summed E-state index contributed by atoms with van der Waals surface area (Å²) in [6, 6.07) is 0. The Hall–Kier alpha value is 0. The van der Waals surface area contributed by atoms with Crippen LogP contribution in [0.25, 0.3) is 0 Å². The van der Waals surface area contributed by atoms with Crippen molar-refractivity contribution in [3.05, 3.63) is 6.42 Å². The van der Waals surface area contributed by atoms with E-state index < -0.39 is 0 Å². The Kier molecular flexibility index (Phi) is 2.61. The maximum atomic E-state index is 2.47. The fraction of sp³-hybridized carbons (Fsp3) is 0.909. The van der Waals surface area contributed by atoms with Crippen molar-refractivity contribution in [2.75, 3.05) is 0 Å². The molecule has 0 heterocycles. The van der Waals surface area contributed by atoms with Crippen LogP contribution in [0.3, 0.4) is 0 Å². The second kappa shape index (κ2) is 3.16. The third kappa shape index (κ3) is 2.50. The summed E-state index contributed by atoms with van der Waals surface area (Å²) in [7, 11) is 0. The van der Waals surface area contributed by atoms with Gasteiger partial charge < -0.3 is 0 Å². The standard InChI is InChI=1S/C11H21/c1-9-6-5-7-10(8-9)11(2,3)4/h6,9-10H,5,7-8H2,1-4H3. The number of hydrogen-bond acceptors (Lipinski definition) is 0. The van der Waals surface area contributed by atoms with Crippen LogP contribution >= 0.6 is 0 Å². The SMILES string of the molecule is CC1[CH]CCC(C(C)(C)C)C1. The molecule has 65 valence electrons. The first kappa shape index (κ1) is 9.09. The highest BCUT2D eigenvalue weighted by Gasteiger charge is 2.28. The molecule has 0 aromatic heterocycles. The van der Waals surface area contributed by atoms with Gasteiger partial charge in [-0.25, -0.2) is 0 Å². The molecule has 2 unspecified atom stereocenters. The molecule has 11 heavy (non-hydrogen) atoms. The van der Waals surface area contributed by atoms with Gasteiger partial charge in [-0.15, -0.1) is 0 Å². The van der Waals surface area contributed by atoms with E-state index in [0.29, 0.717) is 5.41 Å². The lowest BCUT2D eigenvalue weighted by Crippen LogP contribution is -2.26. The largest absolute Gasteiger partial charge is 0.0622 e. The Labute approximate surface area is 71.4 Å². The summed E-state index contributed by atoms with van der Waals surface area (Å²) in [6.07, 6.45) is 6.63. The Bertz CT molecular complexity index is 118. The van der Waals surface area contributed by atoms with Crippen LogP contribution in [0.1, 0.15) is 47.0 Å². The second-order valence-corrected chi connectivity index (χ2v) is 5.09. The normalized spacial score (nSPS) is 33.8. The van der Waals surface area contributed by atoms with Gasteiger partial charge >= 0.3 is 0 Å². The van der Waals surface area contributed by atoms with Gasteiger partial charge in [0, 0.05) is 0 Å².